The number of aliphatic imine (C=N–C) groups is 1. The Morgan fingerprint density at radius 3 is 2.20 bits per heavy atom. The molecule has 166 valence electrons. The van der Waals surface area contributed by atoms with E-state index in [0.29, 0.717) is 29.9 Å². The molecular weight excluding hydrogens is 396 g/mol. The van der Waals surface area contributed by atoms with E-state index in [0.717, 1.165) is 57.0 Å². The molecule has 6 nitrogen and oxygen atoms in total. The zero-order chi connectivity index (χ0) is 21.1. The lowest BCUT2D eigenvalue weighted by Gasteiger charge is -2.45. The fraction of sp³-hybridized carbons (Fsp3) is 0.696. The summed E-state index contributed by atoms with van der Waals surface area (Å²) >= 11 is 0. The van der Waals surface area contributed by atoms with E-state index in [1.54, 1.807) is 16.4 Å². The van der Waals surface area contributed by atoms with E-state index >= 15 is 0 Å². The van der Waals surface area contributed by atoms with E-state index in [1.165, 1.54) is 19.3 Å². The molecule has 4 rings (SSSR count). The van der Waals surface area contributed by atoms with Crippen LogP contribution >= 0.6 is 0 Å². The average Bonchev–Trinajstić information content (AvgIpc) is 2.67. The van der Waals surface area contributed by atoms with Gasteiger partial charge in [0.15, 0.2) is 0 Å². The van der Waals surface area contributed by atoms with Gasteiger partial charge >= 0.3 is 0 Å². The first-order valence-electron chi connectivity index (χ1n) is 11.6. The van der Waals surface area contributed by atoms with E-state index in [9.17, 15) is 8.42 Å². The lowest BCUT2D eigenvalue weighted by molar-refractivity contribution is 0.0825. The number of sulfonamides is 1. The second kappa shape index (κ2) is 9.27. The van der Waals surface area contributed by atoms with Crippen molar-refractivity contribution in [1.29, 1.82) is 0 Å². The molecular formula is C23H36N4O2S. The van der Waals surface area contributed by atoms with Gasteiger partial charge in [-0.1, -0.05) is 32.4 Å². The number of benzene rings is 1. The Bertz CT molecular complexity index is 838. The highest BCUT2D eigenvalue weighted by Gasteiger charge is 2.34. The Morgan fingerprint density at radius 1 is 0.900 bits per heavy atom. The molecule has 0 spiro atoms. The summed E-state index contributed by atoms with van der Waals surface area (Å²) in [7, 11) is -3.62. The van der Waals surface area contributed by atoms with Crippen molar-refractivity contribution in [3.63, 3.8) is 0 Å². The third-order valence-corrected chi connectivity index (χ3v) is 8.61. The molecule has 2 heterocycles. The molecule has 0 atom stereocenters. The maximum absolute atomic E-state index is 13.6. The van der Waals surface area contributed by atoms with E-state index in [-0.39, 0.29) is 0 Å². The molecule has 0 N–H and O–H groups in total. The molecule has 2 aliphatic heterocycles. The Labute approximate surface area is 182 Å². The first-order chi connectivity index (χ1) is 14.5. The fourth-order valence-corrected chi connectivity index (χ4v) is 6.07. The first-order valence-corrected chi connectivity index (χ1v) is 13.1. The van der Waals surface area contributed by atoms with Crippen molar-refractivity contribution in [2.45, 2.75) is 69.2 Å². The topological polar surface area (TPSA) is 56.2 Å². The smallest absolute Gasteiger partial charge is 0.266 e. The van der Waals surface area contributed by atoms with Gasteiger partial charge in [-0.2, -0.15) is 0 Å². The van der Waals surface area contributed by atoms with Crippen LogP contribution in [0.5, 0.6) is 0 Å². The largest absolute Gasteiger partial charge is 0.339 e. The summed E-state index contributed by atoms with van der Waals surface area (Å²) in [4.78, 5) is 9.95. The summed E-state index contributed by atoms with van der Waals surface area (Å²) in [5.74, 6) is 1.04. The van der Waals surface area contributed by atoms with Gasteiger partial charge in [0, 0.05) is 45.3 Å². The van der Waals surface area contributed by atoms with Crippen LogP contribution in [0.3, 0.4) is 0 Å². The SMILES string of the molecule is CC(C)c1ccc(S(=O)(=O)N2CCCCCN=C2N2CCN(C3CCC3)CC2)cc1. The van der Waals surface area contributed by atoms with Gasteiger partial charge in [0.25, 0.3) is 10.0 Å². The summed E-state index contributed by atoms with van der Waals surface area (Å²) in [5.41, 5.74) is 1.16. The van der Waals surface area contributed by atoms with Gasteiger partial charge in [-0.05, 0) is 55.7 Å². The second-order valence-electron chi connectivity index (χ2n) is 9.15. The number of nitrogens with zero attached hydrogens (tertiary/aromatic N) is 4. The van der Waals surface area contributed by atoms with E-state index in [2.05, 4.69) is 23.6 Å². The van der Waals surface area contributed by atoms with Crippen molar-refractivity contribution >= 4 is 16.0 Å². The number of rotatable bonds is 4. The molecule has 0 radical (unpaired) electrons. The van der Waals surface area contributed by atoms with Crippen molar-refractivity contribution in [1.82, 2.24) is 14.1 Å². The number of guanidine groups is 1. The summed E-state index contributed by atoms with van der Waals surface area (Å²) < 4.78 is 28.8. The van der Waals surface area contributed by atoms with Gasteiger partial charge in [0.1, 0.15) is 0 Å². The number of hydrogen-bond donors (Lipinski definition) is 0. The van der Waals surface area contributed by atoms with E-state index < -0.39 is 10.0 Å². The Kier molecular flexibility index (Phi) is 6.68. The zero-order valence-corrected chi connectivity index (χ0v) is 19.3. The van der Waals surface area contributed by atoms with Crippen LogP contribution in [0.1, 0.15) is 63.9 Å². The maximum Gasteiger partial charge on any atom is 0.266 e. The molecule has 7 heteroatoms. The van der Waals surface area contributed by atoms with Gasteiger partial charge in [-0.15, -0.1) is 0 Å². The molecule has 1 aliphatic carbocycles. The summed E-state index contributed by atoms with van der Waals surface area (Å²) in [5, 5.41) is 0. The molecule has 1 aromatic carbocycles. The van der Waals surface area contributed by atoms with Gasteiger partial charge in [-0.25, -0.2) is 12.7 Å². The van der Waals surface area contributed by atoms with Crippen LogP contribution in [0.4, 0.5) is 0 Å². The monoisotopic (exact) mass is 432 g/mol. The zero-order valence-electron chi connectivity index (χ0n) is 18.5. The van der Waals surface area contributed by atoms with Gasteiger partial charge < -0.3 is 4.90 Å². The molecule has 0 unspecified atom stereocenters. The molecule has 2 fully saturated rings. The molecule has 1 saturated carbocycles. The van der Waals surface area contributed by atoms with Gasteiger partial charge in [0.2, 0.25) is 5.96 Å². The van der Waals surface area contributed by atoms with Crippen LogP contribution in [-0.2, 0) is 10.0 Å². The summed E-state index contributed by atoms with van der Waals surface area (Å²) in [6, 6.07) is 8.14. The van der Waals surface area contributed by atoms with Crippen LogP contribution < -0.4 is 0 Å². The predicted octanol–water partition coefficient (Wildman–Crippen LogP) is 3.51. The lowest BCUT2D eigenvalue weighted by atomic mass is 9.91. The van der Waals surface area contributed by atoms with E-state index in [1.807, 2.05) is 12.1 Å². The van der Waals surface area contributed by atoms with E-state index in [4.69, 9.17) is 4.99 Å². The number of hydrogen-bond acceptors (Lipinski definition) is 5. The molecule has 1 saturated heterocycles. The van der Waals surface area contributed by atoms with Gasteiger partial charge in [0.05, 0.1) is 4.90 Å². The van der Waals surface area contributed by atoms with Crippen molar-refractivity contribution in [3.05, 3.63) is 29.8 Å². The normalized spacial score (nSPS) is 22.4. The Hall–Kier alpha value is -1.60. The highest BCUT2D eigenvalue weighted by molar-refractivity contribution is 7.89. The minimum absolute atomic E-state index is 0.369. The Morgan fingerprint density at radius 2 is 1.60 bits per heavy atom. The molecule has 1 aromatic rings. The van der Waals surface area contributed by atoms with Crippen molar-refractivity contribution in [2.75, 3.05) is 39.3 Å². The van der Waals surface area contributed by atoms with Crippen molar-refractivity contribution in [3.8, 4) is 0 Å². The highest BCUT2D eigenvalue weighted by Crippen LogP contribution is 2.27. The molecule has 0 aromatic heterocycles. The lowest BCUT2D eigenvalue weighted by Crippen LogP contribution is -2.57. The van der Waals surface area contributed by atoms with Crippen molar-refractivity contribution in [2.24, 2.45) is 4.99 Å². The van der Waals surface area contributed by atoms with Crippen LogP contribution in [0.2, 0.25) is 0 Å². The third-order valence-electron chi connectivity index (χ3n) is 6.82. The Balaban J connectivity index is 1.56. The molecule has 0 amide bonds. The van der Waals surface area contributed by atoms with Crippen LogP contribution in [0, 0.1) is 0 Å². The molecule has 3 aliphatic rings. The average molecular weight is 433 g/mol. The van der Waals surface area contributed by atoms with Crippen LogP contribution in [0.25, 0.3) is 0 Å². The second-order valence-corrected chi connectivity index (χ2v) is 11.0. The molecule has 30 heavy (non-hydrogen) atoms. The molecule has 0 bridgehead atoms. The summed E-state index contributed by atoms with van der Waals surface area (Å²) in [6.07, 6.45) is 6.90. The maximum atomic E-state index is 13.6. The quantitative estimate of drug-likeness (QED) is 0.731. The third kappa shape index (κ3) is 4.52. The van der Waals surface area contributed by atoms with Gasteiger partial charge in [-0.3, -0.25) is 9.89 Å². The minimum Gasteiger partial charge on any atom is -0.339 e. The first kappa shape index (κ1) is 21.6. The minimum atomic E-state index is -3.62. The predicted molar refractivity (Wildman–Crippen MR) is 121 cm³/mol. The van der Waals surface area contributed by atoms with Crippen molar-refractivity contribution < 1.29 is 8.42 Å². The van der Waals surface area contributed by atoms with Crippen LogP contribution in [-0.4, -0.2) is 73.8 Å². The highest BCUT2D eigenvalue weighted by atomic mass is 32.2. The number of piperazine rings is 1. The van der Waals surface area contributed by atoms with Crippen LogP contribution in [0.15, 0.2) is 34.2 Å². The fourth-order valence-electron chi connectivity index (χ4n) is 4.58. The standard InChI is InChI=1S/C23H36N4O2S/c1-19(2)20-9-11-22(12-10-20)30(28,29)27-14-5-3-4-13-24-23(27)26-17-15-25(16-18-26)21-7-6-8-21/h9-12,19,21H,3-8,13-18H2,1-2H3. The summed E-state index contributed by atoms with van der Waals surface area (Å²) in [6.45, 7) is 9.17.